The Morgan fingerprint density at radius 3 is 2.55 bits per heavy atom. The van der Waals surface area contributed by atoms with E-state index >= 15 is 0 Å². The van der Waals surface area contributed by atoms with Crippen molar-refractivity contribution < 1.29 is 4.79 Å². The Hall–Kier alpha value is -0.870. The number of amides is 1. The van der Waals surface area contributed by atoms with E-state index in [0.717, 1.165) is 16.7 Å². The lowest BCUT2D eigenvalue weighted by Crippen LogP contribution is -2.31. The van der Waals surface area contributed by atoms with Gasteiger partial charge in [0.05, 0.1) is 5.69 Å². The van der Waals surface area contributed by atoms with E-state index in [1.807, 2.05) is 24.3 Å². The summed E-state index contributed by atoms with van der Waals surface area (Å²) in [6, 6.07) is 8.30. The Bertz CT molecular complexity index is 428. The van der Waals surface area contributed by atoms with E-state index in [2.05, 4.69) is 26.6 Å². The van der Waals surface area contributed by atoms with Gasteiger partial charge < -0.3 is 10.6 Å². The lowest BCUT2D eigenvalue weighted by molar-refractivity contribution is -0.116. The van der Waals surface area contributed by atoms with Gasteiger partial charge in [0.2, 0.25) is 5.91 Å². The summed E-state index contributed by atoms with van der Waals surface area (Å²) >= 11 is 3.43. The zero-order chi connectivity index (χ0) is 14.2. The maximum absolute atomic E-state index is 11.9. The lowest BCUT2D eigenvalue weighted by atomic mass is 10.1. The van der Waals surface area contributed by atoms with Gasteiger partial charge in [-0.1, -0.05) is 37.8 Å². The van der Waals surface area contributed by atoms with E-state index in [-0.39, 0.29) is 5.91 Å². The van der Waals surface area contributed by atoms with Crippen LogP contribution in [0.4, 0.5) is 5.69 Å². The van der Waals surface area contributed by atoms with Crippen molar-refractivity contribution in [1.82, 2.24) is 5.32 Å². The smallest absolute Gasteiger partial charge is 0.225 e. The summed E-state index contributed by atoms with van der Waals surface area (Å²) < 4.78 is 0.921. The van der Waals surface area contributed by atoms with Gasteiger partial charge in [-0.3, -0.25) is 4.79 Å². The van der Waals surface area contributed by atoms with Gasteiger partial charge >= 0.3 is 0 Å². The number of hydrogen-bond acceptors (Lipinski definition) is 2. The maximum atomic E-state index is 11.9. The van der Waals surface area contributed by atoms with Crippen molar-refractivity contribution in [2.45, 2.75) is 51.0 Å². The van der Waals surface area contributed by atoms with E-state index in [1.165, 1.54) is 38.5 Å². The molecule has 4 heteroatoms. The topological polar surface area (TPSA) is 41.1 Å². The summed E-state index contributed by atoms with van der Waals surface area (Å²) in [7, 11) is 0. The number of rotatable bonds is 5. The third-order valence-corrected chi connectivity index (χ3v) is 4.48. The van der Waals surface area contributed by atoms with Crippen LogP contribution in [0.2, 0.25) is 0 Å². The molecule has 0 heterocycles. The van der Waals surface area contributed by atoms with Gasteiger partial charge in [-0.05, 0) is 40.9 Å². The van der Waals surface area contributed by atoms with Crippen LogP contribution in [0.3, 0.4) is 0 Å². The summed E-state index contributed by atoms with van der Waals surface area (Å²) in [6.45, 7) is 0.765. The molecular weight excluding hydrogens is 316 g/mol. The van der Waals surface area contributed by atoms with Gasteiger partial charge in [0.1, 0.15) is 0 Å². The van der Waals surface area contributed by atoms with Crippen molar-refractivity contribution in [3.8, 4) is 0 Å². The molecule has 1 aromatic rings. The van der Waals surface area contributed by atoms with E-state index in [4.69, 9.17) is 0 Å². The van der Waals surface area contributed by atoms with Crippen LogP contribution in [0.15, 0.2) is 28.7 Å². The quantitative estimate of drug-likeness (QED) is 0.794. The molecule has 0 atom stereocenters. The van der Waals surface area contributed by atoms with Gasteiger partial charge in [-0.2, -0.15) is 0 Å². The molecule has 20 heavy (non-hydrogen) atoms. The van der Waals surface area contributed by atoms with E-state index in [9.17, 15) is 4.79 Å². The molecule has 0 radical (unpaired) electrons. The van der Waals surface area contributed by atoms with Crippen molar-refractivity contribution >= 4 is 27.5 Å². The molecule has 1 amide bonds. The normalized spacial score (nSPS) is 16.6. The van der Waals surface area contributed by atoms with Crippen molar-refractivity contribution in [2.24, 2.45) is 0 Å². The summed E-state index contributed by atoms with van der Waals surface area (Å²) in [5.41, 5.74) is 0.840. The largest absolute Gasteiger partial charge is 0.325 e. The molecule has 1 aliphatic carbocycles. The van der Waals surface area contributed by atoms with Gasteiger partial charge in [0.25, 0.3) is 0 Å². The third-order valence-electron chi connectivity index (χ3n) is 3.79. The molecule has 1 aliphatic rings. The third kappa shape index (κ3) is 5.25. The molecule has 110 valence electrons. The molecule has 0 aromatic heterocycles. The summed E-state index contributed by atoms with van der Waals surface area (Å²) in [5.74, 6) is 0.0676. The Morgan fingerprint density at radius 1 is 1.15 bits per heavy atom. The first-order valence-corrected chi connectivity index (χ1v) is 8.33. The van der Waals surface area contributed by atoms with Crippen LogP contribution in [0, 0.1) is 0 Å². The lowest BCUT2D eigenvalue weighted by Gasteiger charge is -2.16. The van der Waals surface area contributed by atoms with E-state index in [0.29, 0.717) is 12.5 Å². The standard InChI is InChI=1S/C16H23BrN2O/c17-14-9-5-6-10-15(14)19-16(20)11-12-18-13-7-3-1-2-4-8-13/h5-6,9-10,13,18H,1-4,7-8,11-12H2,(H,19,20). The zero-order valence-electron chi connectivity index (χ0n) is 11.8. The highest BCUT2D eigenvalue weighted by atomic mass is 79.9. The highest BCUT2D eigenvalue weighted by Gasteiger charge is 2.12. The zero-order valence-corrected chi connectivity index (χ0v) is 13.4. The molecule has 2 N–H and O–H groups in total. The Kier molecular flexibility index (Phi) is 6.54. The fourth-order valence-corrected chi connectivity index (χ4v) is 3.03. The maximum Gasteiger partial charge on any atom is 0.225 e. The van der Waals surface area contributed by atoms with Gasteiger partial charge in [0.15, 0.2) is 0 Å². The van der Waals surface area contributed by atoms with Crippen LogP contribution in [-0.4, -0.2) is 18.5 Å². The van der Waals surface area contributed by atoms with Crippen molar-refractivity contribution in [1.29, 1.82) is 0 Å². The minimum absolute atomic E-state index is 0.0676. The molecule has 0 aliphatic heterocycles. The summed E-state index contributed by atoms with van der Waals surface area (Å²) in [6.07, 6.45) is 8.40. The Morgan fingerprint density at radius 2 is 1.85 bits per heavy atom. The highest BCUT2D eigenvalue weighted by molar-refractivity contribution is 9.10. The van der Waals surface area contributed by atoms with Crippen LogP contribution in [0.5, 0.6) is 0 Å². The first-order valence-electron chi connectivity index (χ1n) is 7.53. The molecule has 0 spiro atoms. The van der Waals surface area contributed by atoms with Crippen molar-refractivity contribution in [3.05, 3.63) is 28.7 Å². The number of hydrogen-bond donors (Lipinski definition) is 2. The van der Waals surface area contributed by atoms with Gasteiger partial charge in [-0.25, -0.2) is 0 Å². The number of carbonyl (C=O) groups excluding carboxylic acids is 1. The number of carbonyl (C=O) groups is 1. The second-order valence-corrected chi connectivity index (χ2v) is 6.27. The molecule has 0 unspecified atom stereocenters. The molecule has 2 rings (SSSR count). The second-order valence-electron chi connectivity index (χ2n) is 5.42. The average Bonchev–Trinajstić information content (AvgIpc) is 2.70. The number of nitrogens with one attached hydrogen (secondary N) is 2. The molecule has 3 nitrogen and oxygen atoms in total. The first kappa shape index (κ1) is 15.5. The van der Waals surface area contributed by atoms with Crippen molar-refractivity contribution in [3.63, 3.8) is 0 Å². The first-order chi connectivity index (χ1) is 9.75. The van der Waals surface area contributed by atoms with Crippen LogP contribution in [-0.2, 0) is 4.79 Å². The van der Waals surface area contributed by atoms with E-state index < -0.39 is 0 Å². The molecular formula is C16H23BrN2O. The van der Waals surface area contributed by atoms with Crippen molar-refractivity contribution in [2.75, 3.05) is 11.9 Å². The monoisotopic (exact) mass is 338 g/mol. The van der Waals surface area contributed by atoms with Crippen LogP contribution in [0.1, 0.15) is 44.9 Å². The minimum Gasteiger partial charge on any atom is -0.325 e. The number of anilines is 1. The van der Waals surface area contributed by atoms with Gasteiger partial charge in [0, 0.05) is 23.5 Å². The molecule has 1 saturated carbocycles. The number of para-hydroxylation sites is 1. The van der Waals surface area contributed by atoms with Gasteiger partial charge in [-0.15, -0.1) is 0 Å². The Balaban J connectivity index is 1.68. The predicted octanol–water partition coefficient (Wildman–Crippen LogP) is 4.09. The predicted molar refractivity (Wildman–Crippen MR) is 86.9 cm³/mol. The molecule has 1 aromatic carbocycles. The van der Waals surface area contributed by atoms with E-state index in [1.54, 1.807) is 0 Å². The molecule has 0 saturated heterocycles. The fraction of sp³-hybridized carbons (Fsp3) is 0.562. The summed E-state index contributed by atoms with van der Waals surface area (Å²) in [5, 5.41) is 6.45. The molecule has 1 fully saturated rings. The second kappa shape index (κ2) is 8.42. The number of benzene rings is 1. The molecule has 0 bridgehead atoms. The summed E-state index contributed by atoms with van der Waals surface area (Å²) in [4.78, 5) is 11.9. The highest BCUT2D eigenvalue weighted by Crippen LogP contribution is 2.21. The average molecular weight is 339 g/mol. The fourth-order valence-electron chi connectivity index (χ4n) is 2.65. The van der Waals surface area contributed by atoms with Crippen LogP contribution in [0.25, 0.3) is 0 Å². The Labute approximate surface area is 129 Å². The number of halogens is 1. The minimum atomic E-state index is 0.0676. The SMILES string of the molecule is O=C(CCNC1CCCCCC1)Nc1ccccc1Br. The van der Waals surface area contributed by atoms with Crippen LogP contribution < -0.4 is 10.6 Å². The van der Waals surface area contributed by atoms with Crippen LogP contribution >= 0.6 is 15.9 Å².